The Kier molecular flexibility index (Phi) is 3.69. The van der Waals surface area contributed by atoms with Gasteiger partial charge in [-0.25, -0.2) is 0 Å². The summed E-state index contributed by atoms with van der Waals surface area (Å²) >= 11 is 0. The van der Waals surface area contributed by atoms with Gasteiger partial charge in [-0.2, -0.15) is 4.98 Å². The Morgan fingerprint density at radius 2 is 2.60 bits per heavy atom. The third kappa shape index (κ3) is 2.76. The highest BCUT2D eigenvalue weighted by Crippen LogP contribution is 2.07. The fraction of sp³-hybridized carbons (Fsp3) is 0.800. The minimum Gasteiger partial charge on any atom is -0.340 e. The van der Waals surface area contributed by atoms with E-state index in [1.54, 1.807) is 0 Å². The van der Waals surface area contributed by atoms with Crippen LogP contribution >= 0.6 is 0 Å². The topological polar surface area (TPSA) is 54.2 Å². The van der Waals surface area contributed by atoms with E-state index in [4.69, 9.17) is 4.52 Å². The fourth-order valence-electron chi connectivity index (χ4n) is 2.05. The first-order chi connectivity index (χ1) is 7.40. The molecule has 1 saturated heterocycles. The van der Waals surface area contributed by atoms with E-state index in [-0.39, 0.29) is 0 Å². The van der Waals surface area contributed by atoms with Crippen LogP contribution in [0.2, 0.25) is 0 Å². The van der Waals surface area contributed by atoms with Gasteiger partial charge in [0.2, 0.25) is 5.89 Å². The molecule has 1 fully saturated rings. The molecule has 5 nitrogen and oxygen atoms in total. The fourth-order valence-corrected chi connectivity index (χ4v) is 2.05. The van der Waals surface area contributed by atoms with Gasteiger partial charge in [-0.3, -0.25) is 4.90 Å². The van der Waals surface area contributed by atoms with Crippen molar-refractivity contribution in [3.05, 3.63) is 12.2 Å². The zero-order valence-corrected chi connectivity index (χ0v) is 9.15. The average Bonchev–Trinajstić information content (AvgIpc) is 2.79. The van der Waals surface area contributed by atoms with Crippen molar-refractivity contribution >= 4 is 0 Å². The minimum absolute atomic E-state index is 0.654. The molecule has 1 aromatic heterocycles. The molecule has 1 unspecified atom stereocenters. The van der Waals surface area contributed by atoms with Crippen molar-refractivity contribution in [1.29, 1.82) is 0 Å². The van der Waals surface area contributed by atoms with Gasteiger partial charge in [-0.1, -0.05) is 12.1 Å². The Morgan fingerprint density at radius 1 is 1.67 bits per heavy atom. The Morgan fingerprint density at radius 3 is 3.33 bits per heavy atom. The maximum atomic E-state index is 4.99. The lowest BCUT2D eigenvalue weighted by molar-refractivity contribution is 0.154. The molecule has 0 aromatic carbocycles. The highest BCUT2D eigenvalue weighted by atomic mass is 16.5. The summed E-state index contributed by atoms with van der Waals surface area (Å²) in [5, 5.41) is 7.02. The Hall–Kier alpha value is -0.940. The van der Waals surface area contributed by atoms with E-state index in [2.05, 4.69) is 27.3 Å². The number of aromatic nitrogens is 2. The van der Waals surface area contributed by atoms with Crippen LogP contribution in [-0.2, 0) is 6.42 Å². The lowest BCUT2D eigenvalue weighted by Gasteiger charge is -2.35. The van der Waals surface area contributed by atoms with Crippen LogP contribution in [0.25, 0.3) is 0 Å². The van der Waals surface area contributed by atoms with E-state index in [0.717, 1.165) is 38.5 Å². The van der Waals surface area contributed by atoms with Crippen molar-refractivity contribution in [2.75, 3.05) is 26.2 Å². The quantitative estimate of drug-likeness (QED) is 0.774. The normalized spacial score (nSPS) is 23.1. The Balaban J connectivity index is 1.81. The van der Waals surface area contributed by atoms with Gasteiger partial charge < -0.3 is 9.84 Å². The molecule has 0 saturated carbocycles. The second-order valence-electron chi connectivity index (χ2n) is 3.89. The standard InChI is InChI=1S/C10H18N4O/c1-2-9-7-11-4-6-14(9)5-3-10-12-8-13-15-10/h8-9,11H,2-7H2,1H3. The number of hydrogen-bond donors (Lipinski definition) is 1. The van der Waals surface area contributed by atoms with Crippen molar-refractivity contribution in [3.8, 4) is 0 Å². The second-order valence-corrected chi connectivity index (χ2v) is 3.89. The number of piperazine rings is 1. The first-order valence-corrected chi connectivity index (χ1v) is 5.60. The van der Waals surface area contributed by atoms with Crippen LogP contribution in [0.5, 0.6) is 0 Å². The molecule has 1 atom stereocenters. The van der Waals surface area contributed by atoms with Crippen LogP contribution in [0.3, 0.4) is 0 Å². The second kappa shape index (κ2) is 5.23. The maximum absolute atomic E-state index is 4.99. The van der Waals surface area contributed by atoms with Crippen LogP contribution in [0.4, 0.5) is 0 Å². The zero-order chi connectivity index (χ0) is 10.5. The summed E-state index contributed by atoms with van der Waals surface area (Å²) in [5.41, 5.74) is 0. The van der Waals surface area contributed by atoms with E-state index in [1.807, 2.05) is 0 Å². The van der Waals surface area contributed by atoms with E-state index in [0.29, 0.717) is 6.04 Å². The van der Waals surface area contributed by atoms with Gasteiger partial charge >= 0.3 is 0 Å². The predicted molar refractivity (Wildman–Crippen MR) is 56.5 cm³/mol. The van der Waals surface area contributed by atoms with E-state index in [9.17, 15) is 0 Å². The van der Waals surface area contributed by atoms with Gasteiger partial charge in [0, 0.05) is 38.6 Å². The molecule has 2 rings (SSSR count). The summed E-state index contributed by atoms with van der Waals surface area (Å²) in [5.74, 6) is 0.739. The number of hydrogen-bond acceptors (Lipinski definition) is 5. The maximum Gasteiger partial charge on any atom is 0.227 e. The first-order valence-electron chi connectivity index (χ1n) is 5.60. The number of rotatable bonds is 4. The molecule has 0 radical (unpaired) electrons. The van der Waals surface area contributed by atoms with E-state index >= 15 is 0 Å². The van der Waals surface area contributed by atoms with Crippen molar-refractivity contribution in [2.45, 2.75) is 25.8 Å². The molecule has 1 aliphatic rings. The van der Waals surface area contributed by atoms with Crippen LogP contribution in [0, 0.1) is 0 Å². The SMILES string of the molecule is CCC1CNCCN1CCc1ncno1. The lowest BCUT2D eigenvalue weighted by atomic mass is 10.1. The molecule has 0 spiro atoms. The molecule has 15 heavy (non-hydrogen) atoms. The van der Waals surface area contributed by atoms with Gasteiger partial charge in [-0.15, -0.1) is 0 Å². The summed E-state index contributed by atoms with van der Waals surface area (Å²) in [6, 6.07) is 0.654. The minimum atomic E-state index is 0.654. The van der Waals surface area contributed by atoms with Crippen LogP contribution in [0.1, 0.15) is 19.2 Å². The van der Waals surface area contributed by atoms with E-state index in [1.165, 1.54) is 12.7 Å². The summed E-state index contributed by atoms with van der Waals surface area (Å²) in [6.07, 6.45) is 3.51. The molecular weight excluding hydrogens is 192 g/mol. The van der Waals surface area contributed by atoms with Crippen molar-refractivity contribution in [3.63, 3.8) is 0 Å². The van der Waals surface area contributed by atoms with Gasteiger partial charge in [0.1, 0.15) is 0 Å². The molecule has 2 heterocycles. The van der Waals surface area contributed by atoms with Crippen molar-refractivity contribution in [2.24, 2.45) is 0 Å². The van der Waals surface area contributed by atoms with Gasteiger partial charge in [0.15, 0.2) is 6.33 Å². The molecule has 1 N–H and O–H groups in total. The highest BCUT2D eigenvalue weighted by Gasteiger charge is 2.20. The lowest BCUT2D eigenvalue weighted by Crippen LogP contribution is -2.51. The molecule has 1 aromatic rings. The van der Waals surface area contributed by atoms with Gasteiger partial charge in [-0.05, 0) is 6.42 Å². The molecule has 1 aliphatic heterocycles. The van der Waals surface area contributed by atoms with Crippen molar-refractivity contribution in [1.82, 2.24) is 20.4 Å². The monoisotopic (exact) mass is 210 g/mol. The van der Waals surface area contributed by atoms with Crippen LogP contribution in [0.15, 0.2) is 10.9 Å². The Labute approximate surface area is 89.8 Å². The van der Waals surface area contributed by atoms with Crippen molar-refractivity contribution < 1.29 is 4.52 Å². The highest BCUT2D eigenvalue weighted by molar-refractivity contribution is 4.82. The smallest absolute Gasteiger partial charge is 0.227 e. The Bertz CT molecular complexity index is 275. The molecular formula is C10H18N4O. The van der Waals surface area contributed by atoms with Crippen LogP contribution in [-0.4, -0.2) is 47.3 Å². The molecule has 0 aliphatic carbocycles. The van der Waals surface area contributed by atoms with E-state index < -0.39 is 0 Å². The summed E-state index contributed by atoms with van der Waals surface area (Å²) in [6.45, 7) is 6.55. The summed E-state index contributed by atoms with van der Waals surface area (Å²) in [7, 11) is 0. The molecule has 84 valence electrons. The predicted octanol–water partition coefficient (Wildman–Crippen LogP) is 0.296. The average molecular weight is 210 g/mol. The van der Waals surface area contributed by atoms with Gasteiger partial charge in [0.05, 0.1) is 0 Å². The largest absolute Gasteiger partial charge is 0.340 e. The first kappa shape index (κ1) is 10.6. The number of nitrogens with zero attached hydrogens (tertiary/aromatic N) is 3. The third-order valence-electron chi connectivity index (χ3n) is 2.96. The summed E-state index contributed by atoms with van der Waals surface area (Å²) < 4.78 is 4.99. The molecule has 0 bridgehead atoms. The molecule has 5 heteroatoms. The molecule has 0 amide bonds. The number of nitrogens with one attached hydrogen (secondary N) is 1. The van der Waals surface area contributed by atoms with Gasteiger partial charge in [0.25, 0.3) is 0 Å². The zero-order valence-electron chi connectivity index (χ0n) is 9.15. The third-order valence-corrected chi connectivity index (χ3v) is 2.96. The van der Waals surface area contributed by atoms with Crippen LogP contribution < -0.4 is 5.32 Å². The summed E-state index contributed by atoms with van der Waals surface area (Å²) in [4.78, 5) is 6.53.